The molecule has 2 aromatic rings. The smallest absolute Gasteiger partial charge is 0.236 e. The zero-order valence-corrected chi connectivity index (χ0v) is 23.4. The number of rotatable bonds is 8. The van der Waals surface area contributed by atoms with Crippen LogP contribution < -0.4 is 20.9 Å². The van der Waals surface area contributed by atoms with Crippen LogP contribution in [0.2, 0.25) is 0 Å². The minimum absolute atomic E-state index is 0.0622. The van der Waals surface area contributed by atoms with E-state index in [0.29, 0.717) is 37.9 Å². The molecule has 0 spiro atoms. The summed E-state index contributed by atoms with van der Waals surface area (Å²) in [6.07, 6.45) is 3.44. The minimum atomic E-state index is -0.230. The standard InChI is InChI=1S/C27H38N8O3S/c1-39-27-30-23(29-21-2-4-22(5-3-21)33-14-16-38-17-15-33)18-24(31-27)34-10-12-35(13-11-34)25(36)19-32-8-6-20(7-9-32)26(28)37/h2-5,18,20H,6-17,19H2,1H3,(H2,28,37)(H,29,30,31). The first-order valence-corrected chi connectivity index (χ1v) is 14.9. The maximum Gasteiger partial charge on any atom is 0.236 e. The van der Waals surface area contributed by atoms with Gasteiger partial charge in [0.2, 0.25) is 11.8 Å². The van der Waals surface area contributed by atoms with Crippen molar-refractivity contribution in [2.24, 2.45) is 11.7 Å². The van der Waals surface area contributed by atoms with Crippen molar-refractivity contribution in [3.05, 3.63) is 30.3 Å². The Morgan fingerprint density at radius 1 is 0.974 bits per heavy atom. The van der Waals surface area contributed by atoms with Gasteiger partial charge < -0.3 is 30.5 Å². The van der Waals surface area contributed by atoms with Gasteiger partial charge in [0.25, 0.3) is 0 Å². The molecule has 0 unspecified atom stereocenters. The molecule has 1 aromatic heterocycles. The first kappa shape index (κ1) is 27.5. The average Bonchev–Trinajstić information content (AvgIpc) is 2.98. The molecule has 0 aliphatic carbocycles. The summed E-state index contributed by atoms with van der Waals surface area (Å²) in [7, 11) is 0. The number of thioether (sulfide) groups is 1. The molecule has 3 aliphatic heterocycles. The molecule has 3 N–H and O–H groups in total. The maximum atomic E-state index is 12.9. The number of carbonyl (C=O) groups is 2. The normalized spacial score (nSPS) is 19.3. The fourth-order valence-electron chi connectivity index (χ4n) is 5.31. The number of ether oxygens (including phenoxy) is 1. The highest BCUT2D eigenvalue weighted by molar-refractivity contribution is 7.98. The second kappa shape index (κ2) is 12.8. The summed E-state index contributed by atoms with van der Waals surface area (Å²) in [4.78, 5) is 42.4. The highest BCUT2D eigenvalue weighted by Crippen LogP contribution is 2.26. The summed E-state index contributed by atoms with van der Waals surface area (Å²) in [5.41, 5.74) is 7.60. The summed E-state index contributed by atoms with van der Waals surface area (Å²) in [6, 6.07) is 10.4. The second-order valence-electron chi connectivity index (χ2n) is 10.2. The number of piperazine rings is 1. The van der Waals surface area contributed by atoms with E-state index >= 15 is 0 Å². The van der Waals surface area contributed by atoms with E-state index in [1.165, 1.54) is 17.4 Å². The van der Waals surface area contributed by atoms with Crippen LogP contribution in [0.5, 0.6) is 0 Å². The van der Waals surface area contributed by atoms with Crippen LogP contribution in [-0.4, -0.2) is 110 Å². The molecular formula is C27H38N8O3S. The molecule has 0 radical (unpaired) electrons. The lowest BCUT2D eigenvalue weighted by atomic mass is 9.96. The van der Waals surface area contributed by atoms with Crippen LogP contribution in [0.3, 0.4) is 0 Å². The number of primary amides is 1. The lowest BCUT2D eigenvalue weighted by Crippen LogP contribution is -2.52. The molecular weight excluding hydrogens is 516 g/mol. The molecule has 11 nitrogen and oxygen atoms in total. The quantitative estimate of drug-likeness (QED) is 0.368. The Balaban J connectivity index is 1.15. The first-order valence-electron chi connectivity index (χ1n) is 13.7. The molecule has 39 heavy (non-hydrogen) atoms. The molecule has 3 fully saturated rings. The zero-order valence-electron chi connectivity index (χ0n) is 22.6. The Morgan fingerprint density at radius 3 is 2.31 bits per heavy atom. The molecule has 5 rings (SSSR count). The van der Waals surface area contributed by atoms with Gasteiger partial charge >= 0.3 is 0 Å². The summed E-state index contributed by atoms with van der Waals surface area (Å²) < 4.78 is 5.46. The third-order valence-electron chi connectivity index (χ3n) is 7.70. The number of amides is 2. The number of aromatic nitrogens is 2. The number of hydrogen-bond donors (Lipinski definition) is 2. The summed E-state index contributed by atoms with van der Waals surface area (Å²) in [6.45, 7) is 7.97. The van der Waals surface area contributed by atoms with Crippen LogP contribution in [-0.2, 0) is 14.3 Å². The number of nitrogens with one attached hydrogen (secondary N) is 1. The Kier molecular flexibility index (Phi) is 9.05. The van der Waals surface area contributed by atoms with Crippen molar-refractivity contribution < 1.29 is 14.3 Å². The van der Waals surface area contributed by atoms with Crippen molar-refractivity contribution in [2.75, 3.05) is 93.5 Å². The number of hydrogen-bond acceptors (Lipinski definition) is 10. The number of benzene rings is 1. The number of nitrogens with two attached hydrogens (primary N) is 1. The lowest BCUT2D eigenvalue weighted by molar-refractivity contribution is -0.133. The Hall–Kier alpha value is -3.09. The van der Waals surface area contributed by atoms with Crippen LogP contribution in [0.4, 0.5) is 23.0 Å². The Bertz CT molecular complexity index is 1130. The monoisotopic (exact) mass is 554 g/mol. The van der Waals surface area contributed by atoms with E-state index in [9.17, 15) is 9.59 Å². The van der Waals surface area contributed by atoms with Crippen LogP contribution in [0.15, 0.2) is 35.5 Å². The second-order valence-corrected chi connectivity index (χ2v) is 11.0. The van der Waals surface area contributed by atoms with Gasteiger partial charge in [0, 0.05) is 62.6 Å². The molecule has 210 valence electrons. The van der Waals surface area contributed by atoms with Gasteiger partial charge in [-0.3, -0.25) is 14.5 Å². The number of nitrogens with zero attached hydrogens (tertiary/aromatic N) is 6. The Labute approximate surface area is 234 Å². The first-order chi connectivity index (χ1) is 19.0. The molecule has 1 aromatic carbocycles. The van der Waals surface area contributed by atoms with Crippen LogP contribution >= 0.6 is 11.8 Å². The van der Waals surface area contributed by atoms with Crippen molar-refractivity contribution in [3.63, 3.8) is 0 Å². The highest BCUT2D eigenvalue weighted by Gasteiger charge is 2.27. The molecule has 3 aliphatic rings. The van der Waals surface area contributed by atoms with Crippen molar-refractivity contribution in [1.82, 2.24) is 19.8 Å². The van der Waals surface area contributed by atoms with E-state index in [2.05, 4.69) is 49.3 Å². The zero-order chi connectivity index (χ0) is 27.2. The van der Waals surface area contributed by atoms with E-state index in [1.54, 1.807) is 0 Å². The number of anilines is 4. The van der Waals surface area contributed by atoms with Crippen LogP contribution in [0, 0.1) is 5.92 Å². The lowest BCUT2D eigenvalue weighted by Gasteiger charge is -2.37. The van der Waals surface area contributed by atoms with E-state index in [0.717, 1.165) is 69.6 Å². The van der Waals surface area contributed by atoms with Crippen molar-refractivity contribution in [3.8, 4) is 0 Å². The van der Waals surface area contributed by atoms with Gasteiger partial charge in [-0.1, -0.05) is 11.8 Å². The summed E-state index contributed by atoms with van der Waals surface area (Å²) in [5.74, 6) is 1.46. The van der Waals surface area contributed by atoms with Gasteiger partial charge in [-0.15, -0.1) is 0 Å². The van der Waals surface area contributed by atoms with Crippen molar-refractivity contribution >= 4 is 46.6 Å². The van der Waals surface area contributed by atoms with E-state index in [1.807, 2.05) is 17.2 Å². The molecule has 3 saturated heterocycles. The van der Waals surface area contributed by atoms with Gasteiger partial charge in [0.1, 0.15) is 11.6 Å². The Morgan fingerprint density at radius 2 is 1.67 bits per heavy atom. The largest absolute Gasteiger partial charge is 0.378 e. The predicted octanol–water partition coefficient (Wildman–Crippen LogP) is 1.62. The van der Waals surface area contributed by atoms with Gasteiger partial charge in [-0.25, -0.2) is 9.97 Å². The topological polar surface area (TPSA) is 120 Å². The average molecular weight is 555 g/mol. The van der Waals surface area contributed by atoms with Crippen molar-refractivity contribution in [1.29, 1.82) is 0 Å². The van der Waals surface area contributed by atoms with E-state index in [4.69, 9.17) is 15.5 Å². The fourth-order valence-corrected chi connectivity index (χ4v) is 5.68. The summed E-state index contributed by atoms with van der Waals surface area (Å²) >= 11 is 1.51. The molecule has 0 saturated carbocycles. The van der Waals surface area contributed by atoms with Gasteiger partial charge in [0.05, 0.1) is 19.8 Å². The predicted molar refractivity (Wildman–Crippen MR) is 154 cm³/mol. The minimum Gasteiger partial charge on any atom is -0.378 e. The number of carbonyl (C=O) groups excluding carboxylic acids is 2. The molecule has 2 amide bonds. The molecule has 0 atom stereocenters. The van der Waals surface area contributed by atoms with Gasteiger partial charge in [-0.05, 0) is 56.5 Å². The van der Waals surface area contributed by atoms with Crippen LogP contribution in [0.25, 0.3) is 0 Å². The fraction of sp³-hybridized carbons (Fsp3) is 0.556. The third-order valence-corrected chi connectivity index (χ3v) is 8.24. The highest BCUT2D eigenvalue weighted by atomic mass is 32.2. The maximum absolute atomic E-state index is 12.9. The third kappa shape index (κ3) is 7.11. The van der Waals surface area contributed by atoms with E-state index in [-0.39, 0.29) is 17.7 Å². The number of likely N-dealkylation sites (tertiary alicyclic amines) is 1. The SMILES string of the molecule is CSc1nc(Nc2ccc(N3CCOCC3)cc2)cc(N2CCN(C(=O)CN3CCC(C(N)=O)CC3)CC2)n1. The molecule has 0 bridgehead atoms. The van der Waals surface area contributed by atoms with Gasteiger partial charge in [-0.2, -0.15) is 0 Å². The van der Waals surface area contributed by atoms with Gasteiger partial charge in [0.15, 0.2) is 5.16 Å². The number of morpholine rings is 1. The van der Waals surface area contributed by atoms with Crippen LogP contribution in [0.1, 0.15) is 12.8 Å². The molecule has 4 heterocycles. The van der Waals surface area contributed by atoms with E-state index < -0.39 is 0 Å². The summed E-state index contributed by atoms with van der Waals surface area (Å²) in [5, 5.41) is 4.14. The van der Waals surface area contributed by atoms with Crippen molar-refractivity contribution in [2.45, 2.75) is 18.0 Å². The number of piperidine rings is 1. The molecule has 12 heteroatoms.